The summed E-state index contributed by atoms with van der Waals surface area (Å²) in [5.74, 6) is 0.116. The van der Waals surface area contributed by atoms with Crippen LogP contribution in [0.15, 0.2) is 48.8 Å². The van der Waals surface area contributed by atoms with Crippen LogP contribution in [0.25, 0.3) is 11.3 Å². The molecule has 2 N–H and O–H groups in total. The molecule has 1 fully saturated rings. The van der Waals surface area contributed by atoms with Crippen molar-refractivity contribution in [3.8, 4) is 11.3 Å². The van der Waals surface area contributed by atoms with Crippen molar-refractivity contribution < 1.29 is 23.1 Å². The van der Waals surface area contributed by atoms with Gasteiger partial charge in [-0.05, 0) is 80.5 Å². The fraction of sp³-hybridized carbons (Fsp3) is 0.385. The van der Waals surface area contributed by atoms with Gasteiger partial charge in [0.05, 0.1) is 17.2 Å². The Bertz CT molecular complexity index is 1190. The second-order valence-electron chi connectivity index (χ2n) is 9.18. The molecule has 3 aromatic rings. The van der Waals surface area contributed by atoms with Crippen LogP contribution in [0, 0.1) is 18.8 Å². The third kappa shape index (κ3) is 5.96. The van der Waals surface area contributed by atoms with Gasteiger partial charge in [0.1, 0.15) is 11.6 Å². The van der Waals surface area contributed by atoms with Crippen molar-refractivity contribution in [1.82, 2.24) is 15.0 Å². The Hall–Kier alpha value is -3.49. The van der Waals surface area contributed by atoms with Crippen molar-refractivity contribution in [2.75, 3.05) is 5.32 Å². The minimum atomic E-state index is -4.45. The first kappa shape index (κ1) is 24.6. The van der Waals surface area contributed by atoms with Crippen LogP contribution in [0.2, 0.25) is 0 Å². The van der Waals surface area contributed by atoms with E-state index in [0.717, 1.165) is 48.0 Å². The number of aryl methyl sites for hydroxylation is 1. The number of nitrogens with zero attached hydrogens (tertiary/aromatic N) is 3. The van der Waals surface area contributed by atoms with E-state index in [9.17, 15) is 23.1 Å². The molecule has 0 bridgehead atoms. The van der Waals surface area contributed by atoms with Gasteiger partial charge in [0.2, 0.25) is 0 Å². The number of aliphatic carboxylic acids is 1. The van der Waals surface area contributed by atoms with Gasteiger partial charge < -0.3 is 10.4 Å². The Morgan fingerprint density at radius 2 is 1.80 bits per heavy atom. The van der Waals surface area contributed by atoms with E-state index in [2.05, 4.69) is 27.2 Å². The summed E-state index contributed by atoms with van der Waals surface area (Å²) in [6, 6.07) is 9.41. The molecular formula is C26H27F3N4O2. The molecule has 1 saturated carbocycles. The van der Waals surface area contributed by atoms with Crippen LogP contribution >= 0.6 is 0 Å². The molecule has 1 aliphatic rings. The van der Waals surface area contributed by atoms with E-state index in [4.69, 9.17) is 0 Å². The molecule has 35 heavy (non-hydrogen) atoms. The maximum atomic E-state index is 13.0. The maximum absolute atomic E-state index is 13.0. The number of rotatable bonds is 6. The highest BCUT2D eigenvalue weighted by atomic mass is 19.4. The average Bonchev–Trinajstić information content (AvgIpc) is 2.83. The zero-order chi connectivity index (χ0) is 25.2. The Morgan fingerprint density at radius 1 is 1.06 bits per heavy atom. The van der Waals surface area contributed by atoms with Crippen molar-refractivity contribution in [2.24, 2.45) is 11.8 Å². The topological polar surface area (TPSA) is 88.0 Å². The first-order chi connectivity index (χ1) is 16.6. The Balaban J connectivity index is 1.49. The Labute approximate surface area is 201 Å². The number of carbonyl (C=O) groups is 1. The lowest BCUT2D eigenvalue weighted by molar-refractivity contribution is -0.143. The van der Waals surface area contributed by atoms with E-state index < -0.39 is 17.7 Å². The van der Waals surface area contributed by atoms with Gasteiger partial charge in [0, 0.05) is 29.6 Å². The van der Waals surface area contributed by atoms with Gasteiger partial charge in [-0.2, -0.15) is 13.2 Å². The Morgan fingerprint density at radius 3 is 2.43 bits per heavy atom. The van der Waals surface area contributed by atoms with Crippen LogP contribution in [-0.4, -0.2) is 26.0 Å². The van der Waals surface area contributed by atoms with Gasteiger partial charge in [-0.15, -0.1) is 0 Å². The van der Waals surface area contributed by atoms with Gasteiger partial charge in [0.25, 0.3) is 0 Å². The van der Waals surface area contributed by atoms with E-state index in [0.29, 0.717) is 30.3 Å². The van der Waals surface area contributed by atoms with Crippen LogP contribution in [0.1, 0.15) is 55.3 Å². The molecule has 1 aliphatic carbocycles. The lowest BCUT2D eigenvalue weighted by Crippen LogP contribution is -2.24. The molecule has 9 heteroatoms. The summed E-state index contributed by atoms with van der Waals surface area (Å²) in [4.78, 5) is 24.4. The summed E-state index contributed by atoms with van der Waals surface area (Å²) in [6.07, 6.45) is 1.56. The molecular weight excluding hydrogens is 457 g/mol. The average molecular weight is 485 g/mol. The highest BCUT2D eigenvalue weighted by molar-refractivity contribution is 5.70. The fourth-order valence-corrected chi connectivity index (χ4v) is 4.62. The molecule has 6 nitrogen and oxygen atoms in total. The minimum absolute atomic E-state index is 0.0591. The van der Waals surface area contributed by atoms with Gasteiger partial charge in [-0.25, -0.2) is 9.97 Å². The third-order valence-corrected chi connectivity index (χ3v) is 6.69. The van der Waals surface area contributed by atoms with Crippen LogP contribution in [-0.2, 0) is 11.0 Å². The zero-order valence-electron chi connectivity index (χ0n) is 19.5. The molecule has 3 heterocycles. The quantitative estimate of drug-likeness (QED) is 0.410. The number of hydrogen-bond acceptors (Lipinski definition) is 5. The van der Waals surface area contributed by atoms with Gasteiger partial charge in [-0.1, -0.05) is 6.92 Å². The molecule has 0 radical (unpaired) electrons. The molecule has 184 valence electrons. The fourth-order valence-electron chi connectivity index (χ4n) is 4.62. The van der Waals surface area contributed by atoms with Crippen molar-refractivity contribution >= 4 is 17.6 Å². The molecule has 0 spiro atoms. The highest BCUT2D eigenvalue weighted by Gasteiger charge is 2.31. The first-order valence-corrected chi connectivity index (χ1v) is 11.6. The van der Waals surface area contributed by atoms with Crippen LogP contribution in [0.5, 0.6) is 0 Å². The molecule has 0 amide bonds. The SMILES string of the molecule is Cc1cc(Nc2cc(C(F)(F)F)ccn2)nc(-c2ccc(C(C)C3CCC(C(=O)O)CC3)nc2)c1. The van der Waals surface area contributed by atoms with Gasteiger partial charge >= 0.3 is 12.1 Å². The van der Waals surface area contributed by atoms with E-state index >= 15 is 0 Å². The number of halogens is 3. The molecule has 4 rings (SSSR count). The first-order valence-electron chi connectivity index (χ1n) is 11.6. The van der Waals surface area contributed by atoms with Crippen molar-refractivity contribution in [3.63, 3.8) is 0 Å². The predicted octanol–water partition coefficient (Wildman–Crippen LogP) is 6.60. The highest BCUT2D eigenvalue weighted by Crippen LogP contribution is 2.38. The van der Waals surface area contributed by atoms with Gasteiger partial charge in [0.15, 0.2) is 0 Å². The largest absolute Gasteiger partial charge is 0.481 e. The predicted molar refractivity (Wildman–Crippen MR) is 126 cm³/mol. The summed E-state index contributed by atoms with van der Waals surface area (Å²) in [5.41, 5.74) is 2.49. The molecule has 0 saturated heterocycles. The van der Waals surface area contributed by atoms with E-state index in [1.165, 1.54) is 0 Å². The van der Waals surface area contributed by atoms with Crippen molar-refractivity contribution in [3.05, 3.63) is 65.6 Å². The number of hydrogen-bond donors (Lipinski definition) is 2. The smallest absolute Gasteiger partial charge is 0.416 e. The standard InChI is InChI=1S/C26H27F3N4O2/c1-15-11-22(32-24(12-15)33-23-13-20(9-10-30-23)26(27,28)29)19-7-8-21(31-14-19)16(2)17-3-5-18(6-4-17)25(34)35/h7-14,16-18H,3-6H2,1-2H3,(H,34,35)(H,30,32,33). The second-order valence-corrected chi connectivity index (χ2v) is 9.18. The number of aromatic nitrogens is 3. The summed E-state index contributed by atoms with van der Waals surface area (Å²) in [6.45, 7) is 4.01. The summed E-state index contributed by atoms with van der Waals surface area (Å²) >= 11 is 0. The number of pyridine rings is 3. The van der Waals surface area contributed by atoms with Crippen LogP contribution in [0.4, 0.5) is 24.8 Å². The summed E-state index contributed by atoms with van der Waals surface area (Å²) < 4.78 is 39.0. The van der Waals surface area contributed by atoms with Crippen molar-refractivity contribution in [1.29, 1.82) is 0 Å². The molecule has 1 atom stereocenters. The van der Waals surface area contributed by atoms with Crippen LogP contribution in [0.3, 0.4) is 0 Å². The third-order valence-electron chi connectivity index (χ3n) is 6.69. The molecule has 1 unspecified atom stereocenters. The van der Waals surface area contributed by atoms with Crippen molar-refractivity contribution in [2.45, 2.75) is 51.6 Å². The second kappa shape index (κ2) is 10.0. The lowest BCUT2D eigenvalue weighted by Gasteiger charge is -2.30. The number of carboxylic acids is 1. The minimum Gasteiger partial charge on any atom is -0.481 e. The number of anilines is 2. The van der Waals surface area contributed by atoms with E-state index in [-0.39, 0.29) is 17.7 Å². The van der Waals surface area contributed by atoms with Gasteiger partial charge in [-0.3, -0.25) is 9.78 Å². The summed E-state index contributed by atoms with van der Waals surface area (Å²) in [5, 5.41) is 12.1. The monoisotopic (exact) mass is 484 g/mol. The van der Waals surface area contributed by atoms with E-state index in [1.54, 1.807) is 12.3 Å². The molecule has 0 aromatic carbocycles. The molecule has 3 aromatic heterocycles. The maximum Gasteiger partial charge on any atom is 0.416 e. The Kier molecular flexibility index (Phi) is 7.05. The zero-order valence-corrected chi connectivity index (χ0v) is 19.5. The lowest BCUT2D eigenvalue weighted by atomic mass is 9.75. The summed E-state index contributed by atoms with van der Waals surface area (Å²) in [7, 11) is 0. The number of alkyl halides is 3. The number of carboxylic acid groups (broad SMARTS) is 1. The number of nitrogens with one attached hydrogen (secondary N) is 1. The van der Waals surface area contributed by atoms with E-state index in [1.807, 2.05) is 25.1 Å². The normalized spacial score (nSPS) is 19.2. The van der Waals surface area contributed by atoms with Crippen LogP contribution < -0.4 is 5.32 Å². The molecule has 0 aliphatic heterocycles.